The van der Waals surface area contributed by atoms with E-state index in [2.05, 4.69) is 25.2 Å². The van der Waals surface area contributed by atoms with Crippen molar-refractivity contribution in [1.29, 1.82) is 5.26 Å². The average Bonchev–Trinajstić information content (AvgIpc) is 3.03. The third-order valence-corrected chi connectivity index (χ3v) is 6.17. The van der Waals surface area contributed by atoms with Crippen molar-refractivity contribution in [2.75, 3.05) is 11.9 Å². The molecule has 0 unspecified atom stereocenters. The number of carbonyl (C=O) groups excluding carboxylic acids is 1. The summed E-state index contributed by atoms with van der Waals surface area (Å²) >= 11 is 1.53. The lowest BCUT2D eigenvalue weighted by atomic mass is 9.96. The van der Waals surface area contributed by atoms with E-state index in [1.54, 1.807) is 0 Å². The molecule has 0 saturated heterocycles. The predicted molar refractivity (Wildman–Crippen MR) is 105 cm³/mol. The smallest absolute Gasteiger partial charge is 0.262 e. The number of nitrogens with one attached hydrogen (secondary N) is 1. The number of amides is 1. The molecule has 26 heavy (non-hydrogen) atoms. The van der Waals surface area contributed by atoms with Crippen molar-refractivity contribution in [2.45, 2.75) is 51.9 Å². The summed E-state index contributed by atoms with van der Waals surface area (Å²) in [6.07, 6.45) is 5.30. The first-order valence-corrected chi connectivity index (χ1v) is 10.0. The first-order chi connectivity index (χ1) is 12.6. The topological polar surface area (TPSA) is 62.1 Å². The van der Waals surface area contributed by atoms with Crippen LogP contribution in [-0.2, 0) is 17.6 Å². The molecule has 1 aromatic heterocycles. The second kappa shape index (κ2) is 8.37. The molecule has 5 heteroatoms. The number of thiophene rings is 1. The fraction of sp³-hybridized carbons (Fsp3) is 0.429. The molecule has 0 spiro atoms. The zero-order valence-corrected chi connectivity index (χ0v) is 16.1. The zero-order valence-electron chi connectivity index (χ0n) is 15.3. The van der Waals surface area contributed by atoms with Gasteiger partial charge >= 0.3 is 0 Å². The van der Waals surface area contributed by atoms with Gasteiger partial charge in [0, 0.05) is 4.88 Å². The Morgan fingerprint density at radius 1 is 1.31 bits per heavy atom. The summed E-state index contributed by atoms with van der Waals surface area (Å²) < 4.78 is 5.59. The van der Waals surface area contributed by atoms with Gasteiger partial charge in [-0.25, -0.2) is 0 Å². The standard InChI is InChI=1S/C21H24N2O2S/c1-3-14(2)15-8-10-16(11-9-15)25-13-20(24)23-21-18(12-22)17-6-4-5-7-19(17)26-21/h8-11,14H,3-7,13H2,1-2H3,(H,23,24)/t14-/m0/s1. The molecule has 1 N–H and O–H groups in total. The maximum absolute atomic E-state index is 12.2. The fourth-order valence-electron chi connectivity index (χ4n) is 3.21. The third-order valence-electron chi connectivity index (χ3n) is 4.97. The molecule has 3 rings (SSSR count). The van der Waals surface area contributed by atoms with E-state index in [9.17, 15) is 10.1 Å². The van der Waals surface area contributed by atoms with Gasteiger partial charge in [0.1, 0.15) is 16.8 Å². The number of rotatable bonds is 6. The van der Waals surface area contributed by atoms with Crippen LogP contribution >= 0.6 is 11.3 Å². The van der Waals surface area contributed by atoms with Crippen LogP contribution in [0.5, 0.6) is 5.75 Å². The van der Waals surface area contributed by atoms with Gasteiger partial charge < -0.3 is 10.1 Å². The molecule has 1 aliphatic carbocycles. The monoisotopic (exact) mass is 368 g/mol. The van der Waals surface area contributed by atoms with Gasteiger partial charge in [-0.05, 0) is 61.3 Å². The number of anilines is 1. The van der Waals surface area contributed by atoms with Crippen LogP contribution in [0.4, 0.5) is 5.00 Å². The number of nitriles is 1. The van der Waals surface area contributed by atoms with Crippen molar-refractivity contribution < 1.29 is 9.53 Å². The average molecular weight is 369 g/mol. The molecule has 0 fully saturated rings. The number of aryl methyl sites for hydroxylation is 1. The van der Waals surface area contributed by atoms with Crippen molar-refractivity contribution in [3.05, 3.63) is 45.8 Å². The first kappa shape index (κ1) is 18.5. The molecule has 2 aromatic rings. The molecule has 1 aromatic carbocycles. The molecule has 1 heterocycles. The Kier molecular flexibility index (Phi) is 5.95. The normalized spacial score (nSPS) is 14.2. The van der Waals surface area contributed by atoms with E-state index in [-0.39, 0.29) is 12.5 Å². The molecule has 1 atom stereocenters. The zero-order chi connectivity index (χ0) is 18.5. The number of benzene rings is 1. The lowest BCUT2D eigenvalue weighted by molar-refractivity contribution is -0.118. The van der Waals surface area contributed by atoms with Crippen molar-refractivity contribution >= 4 is 22.2 Å². The molecule has 1 aliphatic rings. The Morgan fingerprint density at radius 3 is 2.73 bits per heavy atom. The van der Waals surface area contributed by atoms with Gasteiger partial charge in [-0.2, -0.15) is 5.26 Å². The van der Waals surface area contributed by atoms with Crippen molar-refractivity contribution in [2.24, 2.45) is 0 Å². The predicted octanol–water partition coefficient (Wildman–Crippen LogP) is 5.03. The highest BCUT2D eigenvalue weighted by molar-refractivity contribution is 7.16. The number of fused-ring (bicyclic) bond motifs is 1. The van der Waals surface area contributed by atoms with Crippen LogP contribution < -0.4 is 10.1 Å². The third kappa shape index (κ3) is 4.08. The minimum Gasteiger partial charge on any atom is -0.484 e. The van der Waals surface area contributed by atoms with Crippen LogP contribution in [0.1, 0.15) is 60.6 Å². The number of nitrogens with zero attached hydrogens (tertiary/aromatic N) is 1. The van der Waals surface area contributed by atoms with Crippen LogP contribution in [0.25, 0.3) is 0 Å². The summed E-state index contributed by atoms with van der Waals surface area (Å²) in [7, 11) is 0. The van der Waals surface area contributed by atoms with E-state index in [1.807, 2.05) is 24.3 Å². The van der Waals surface area contributed by atoms with E-state index in [1.165, 1.54) is 21.8 Å². The Hall–Kier alpha value is -2.32. The summed E-state index contributed by atoms with van der Waals surface area (Å²) in [4.78, 5) is 13.5. The van der Waals surface area contributed by atoms with Crippen LogP contribution in [0.15, 0.2) is 24.3 Å². The van der Waals surface area contributed by atoms with Gasteiger partial charge in [0.25, 0.3) is 5.91 Å². The van der Waals surface area contributed by atoms with Gasteiger partial charge in [0.15, 0.2) is 6.61 Å². The minimum absolute atomic E-state index is 0.0594. The summed E-state index contributed by atoms with van der Waals surface area (Å²) in [5.74, 6) is 0.964. The lowest BCUT2D eigenvalue weighted by Gasteiger charge is -2.11. The maximum Gasteiger partial charge on any atom is 0.262 e. The quantitative estimate of drug-likeness (QED) is 0.778. The number of ether oxygens (including phenoxy) is 1. The van der Waals surface area contributed by atoms with E-state index < -0.39 is 0 Å². The summed E-state index contributed by atoms with van der Waals surface area (Å²) in [6, 6.07) is 10.2. The Morgan fingerprint density at radius 2 is 2.04 bits per heavy atom. The van der Waals surface area contributed by atoms with Crippen molar-refractivity contribution in [3.63, 3.8) is 0 Å². The second-order valence-corrected chi connectivity index (χ2v) is 7.85. The van der Waals surface area contributed by atoms with Gasteiger partial charge in [0.2, 0.25) is 0 Å². The summed E-state index contributed by atoms with van der Waals surface area (Å²) in [5, 5.41) is 13.0. The molecule has 0 radical (unpaired) electrons. The Labute approximate surface area is 158 Å². The van der Waals surface area contributed by atoms with E-state index >= 15 is 0 Å². The summed E-state index contributed by atoms with van der Waals surface area (Å²) in [5.41, 5.74) is 3.03. The van der Waals surface area contributed by atoms with Crippen LogP contribution in [0.3, 0.4) is 0 Å². The van der Waals surface area contributed by atoms with E-state index in [4.69, 9.17) is 4.74 Å². The molecular formula is C21H24N2O2S. The highest BCUT2D eigenvalue weighted by Crippen LogP contribution is 2.37. The highest BCUT2D eigenvalue weighted by Gasteiger charge is 2.21. The first-order valence-electron chi connectivity index (χ1n) is 9.19. The van der Waals surface area contributed by atoms with Crippen LogP contribution in [0, 0.1) is 11.3 Å². The van der Waals surface area contributed by atoms with E-state index in [0.717, 1.165) is 37.7 Å². The molecule has 136 valence electrons. The number of hydrogen-bond acceptors (Lipinski definition) is 4. The molecule has 1 amide bonds. The largest absolute Gasteiger partial charge is 0.484 e. The highest BCUT2D eigenvalue weighted by atomic mass is 32.1. The Bertz CT molecular complexity index is 818. The SMILES string of the molecule is CC[C@H](C)c1ccc(OCC(=O)Nc2sc3c(c2C#N)CCCC3)cc1. The van der Waals surface area contributed by atoms with Gasteiger partial charge in [0.05, 0.1) is 5.56 Å². The fourth-order valence-corrected chi connectivity index (χ4v) is 4.47. The summed E-state index contributed by atoms with van der Waals surface area (Å²) in [6.45, 7) is 4.30. The van der Waals surface area contributed by atoms with Crippen molar-refractivity contribution in [3.8, 4) is 11.8 Å². The van der Waals surface area contributed by atoms with Crippen LogP contribution in [-0.4, -0.2) is 12.5 Å². The van der Waals surface area contributed by atoms with Gasteiger partial charge in [-0.3, -0.25) is 4.79 Å². The van der Waals surface area contributed by atoms with E-state index in [0.29, 0.717) is 22.2 Å². The molecule has 4 nitrogen and oxygen atoms in total. The molecule has 0 bridgehead atoms. The Balaban J connectivity index is 1.60. The van der Waals surface area contributed by atoms with Gasteiger partial charge in [-0.1, -0.05) is 26.0 Å². The van der Waals surface area contributed by atoms with Crippen LogP contribution in [0.2, 0.25) is 0 Å². The molecule has 0 saturated carbocycles. The molecule has 0 aliphatic heterocycles. The molecular weight excluding hydrogens is 344 g/mol. The number of carbonyl (C=O) groups is 1. The van der Waals surface area contributed by atoms with Gasteiger partial charge in [-0.15, -0.1) is 11.3 Å². The lowest BCUT2D eigenvalue weighted by Crippen LogP contribution is -2.20. The number of hydrogen-bond donors (Lipinski definition) is 1. The second-order valence-electron chi connectivity index (χ2n) is 6.74. The minimum atomic E-state index is -0.230. The maximum atomic E-state index is 12.2. The van der Waals surface area contributed by atoms with Crippen molar-refractivity contribution in [1.82, 2.24) is 0 Å².